The maximum Gasteiger partial charge on any atom is 0.310 e. The Balaban J connectivity index is 1.95. The van der Waals surface area contributed by atoms with Gasteiger partial charge in [-0.25, -0.2) is 8.42 Å². The van der Waals surface area contributed by atoms with Crippen molar-refractivity contribution in [1.82, 2.24) is 5.32 Å². The molecule has 0 unspecified atom stereocenters. The van der Waals surface area contributed by atoms with Crippen molar-refractivity contribution >= 4 is 39.0 Å². The number of nitrogens with zero attached hydrogens (tertiary/aromatic N) is 3. The molecule has 4 N–H and O–H groups in total. The highest BCUT2D eigenvalue weighted by Crippen LogP contribution is 2.16. The fourth-order valence-corrected chi connectivity index (χ4v) is 6.96. The van der Waals surface area contributed by atoms with Crippen molar-refractivity contribution in [3.63, 3.8) is 0 Å². The second-order valence-corrected chi connectivity index (χ2v) is 14.7. The molecule has 0 saturated heterocycles. The van der Waals surface area contributed by atoms with Gasteiger partial charge in [-0.05, 0) is 56.7 Å². The molecule has 46 heavy (non-hydrogen) atoms. The fourth-order valence-electron chi connectivity index (χ4n) is 5.60. The number of sulfone groups is 1. The van der Waals surface area contributed by atoms with Crippen LogP contribution in [-0.2, 0) is 29.0 Å². The minimum atomic E-state index is -3.54. The third kappa shape index (κ3) is 23.7. The third-order valence-corrected chi connectivity index (χ3v) is 9.93. The van der Waals surface area contributed by atoms with Crippen LogP contribution >= 0.6 is 0 Å². The van der Waals surface area contributed by atoms with Crippen molar-refractivity contribution in [2.24, 2.45) is 27.1 Å². The van der Waals surface area contributed by atoms with Crippen LogP contribution in [0, 0.1) is 5.92 Å². The Kier molecular flexibility index (Phi) is 23.9. The highest BCUT2D eigenvalue weighted by atomic mass is 32.2. The summed E-state index contributed by atoms with van der Waals surface area (Å²) >= 11 is 0. The first-order valence-electron chi connectivity index (χ1n) is 17.5. The molecule has 1 amide bonds. The van der Waals surface area contributed by atoms with Crippen molar-refractivity contribution in [2.75, 3.05) is 31.1 Å². The van der Waals surface area contributed by atoms with Crippen LogP contribution in [0.1, 0.15) is 141 Å². The average molecular weight is 670 g/mol. The number of hydrogen-bond acceptors (Lipinski definition) is 10. The van der Waals surface area contributed by atoms with E-state index in [1.165, 1.54) is 57.8 Å². The van der Waals surface area contributed by atoms with Crippen molar-refractivity contribution in [3.05, 3.63) is 0 Å². The van der Waals surface area contributed by atoms with Gasteiger partial charge in [-0.15, -0.1) is 5.10 Å². The van der Waals surface area contributed by atoms with Gasteiger partial charge in [0.25, 0.3) is 0 Å². The minimum absolute atomic E-state index is 0.0614. The number of carbonyl (C=O) groups excluding carboxylic acids is 3. The summed E-state index contributed by atoms with van der Waals surface area (Å²) in [6.07, 6.45) is 18.4. The molecule has 1 aliphatic heterocycles. The first-order valence-corrected chi connectivity index (χ1v) is 19.3. The molecule has 1 atom stereocenters. The predicted octanol–water partition coefficient (Wildman–Crippen LogP) is 5.72. The number of hydrogen-bond donors (Lipinski definition) is 3. The number of aliphatic carboxylic acids is 1. The van der Waals surface area contributed by atoms with Crippen molar-refractivity contribution in [2.45, 2.75) is 141 Å². The smallest absolute Gasteiger partial charge is 0.310 e. The zero-order chi connectivity index (χ0) is 33.9. The number of unbranched alkanes of at least 4 members (excludes halogenated alkanes) is 13. The molecule has 0 aromatic heterocycles. The number of carboxylic acid groups (broad SMARTS) is 1. The van der Waals surface area contributed by atoms with E-state index in [0.29, 0.717) is 51.7 Å². The van der Waals surface area contributed by atoms with Gasteiger partial charge < -0.3 is 16.2 Å². The minimum Gasteiger partial charge on any atom is -0.481 e. The SMILES string of the molecule is NCC[C@@H](CCCCNC(=O)CCCS(=O)(=O)CC(=O)CCCCCCCCCCCCCCCC1=NN=NC1)C(=O)CC(=O)O. The lowest BCUT2D eigenvalue weighted by Crippen LogP contribution is -2.26. The zero-order valence-electron chi connectivity index (χ0n) is 27.9. The Bertz CT molecular complexity index is 1060. The molecule has 0 radical (unpaired) electrons. The Morgan fingerprint density at radius 1 is 0.783 bits per heavy atom. The Labute approximate surface area is 276 Å². The molecule has 0 aliphatic carbocycles. The van der Waals surface area contributed by atoms with Gasteiger partial charge in [-0.3, -0.25) is 19.2 Å². The van der Waals surface area contributed by atoms with Crippen LogP contribution in [0.5, 0.6) is 0 Å². The van der Waals surface area contributed by atoms with Crippen LogP contribution in [0.2, 0.25) is 0 Å². The van der Waals surface area contributed by atoms with Crippen molar-refractivity contribution in [1.29, 1.82) is 0 Å². The van der Waals surface area contributed by atoms with E-state index in [0.717, 1.165) is 31.4 Å². The van der Waals surface area contributed by atoms with Gasteiger partial charge in [-0.1, -0.05) is 77.0 Å². The molecular formula is C33H59N5O7S. The van der Waals surface area contributed by atoms with Gasteiger partial charge in [0.15, 0.2) is 9.84 Å². The number of nitrogens with one attached hydrogen (secondary N) is 1. The maximum absolute atomic E-state index is 12.3. The first kappa shape index (κ1) is 41.5. The predicted molar refractivity (Wildman–Crippen MR) is 181 cm³/mol. The molecular weight excluding hydrogens is 610 g/mol. The van der Waals surface area contributed by atoms with Gasteiger partial charge >= 0.3 is 5.97 Å². The largest absolute Gasteiger partial charge is 0.481 e. The third-order valence-electron chi connectivity index (χ3n) is 8.26. The monoisotopic (exact) mass is 669 g/mol. The molecule has 1 aliphatic rings. The van der Waals surface area contributed by atoms with Gasteiger partial charge in [-0.2, -0.15) is 5.11 Å². The number of ketones is 2. The van der Waals surface area contributed by atoms with E-state index in [9.17, 15) is 27.6 Å². The molecule has 0 spiro atoms. The summed E-state index contributed by atoms with van der Waals surface area (Å²) in [5.74, 6) is -3.02. The molecule has 264 valence electrons. The number of rotatable bonds is 32. The van der Waals surface area contributed by atoms with Crippen LogP contribution < -0.4 is 11.1 Å². The number of carboxylic acids is 1. The van der Waals surface area contributed by atoms with E-state index in [1.807, 2.05) is 0 Å². The van der Waals surface area contributed by atoms with E-state index < -0.39 is 33.9 Å². The van der Waals surface area contributed by atoms with E-state index in [2.05, 4.69) is 20.8 Å². The summed E-state index contributed by atoms with van der Waals surface area (Å²) in [6.45, 7) is 1.37. The van der Waals surface area contributed by atoms with Crippen molar-refractivity contribution in [3.8, 4) is 0 Å². The topological polar surface area (TPSA) is 198 Å². The summed E-state index contributed by atoms with van der Waals surface area (Å²) in [6, 6.07) is 0. The van der Waals surface area contributed by atoms with Crippen LogP contribution in [-0.4, -0.2) is 73.8 Å². The van der Waals surface area contributed by atoms with E-state index in [-0.39, 0.29) is 42.5 Å². The van der Waals surface area contributed by atoms with Crippen LogP contribution in [0.25, 0.3) is 0 Å². The lowest BCUT2D eigenvalue weighted by atomic mass is 9.92. The number of carbonyl (C=O) groups is 4. The van der Waals surface area contributed by atoms with Gasteiger partial charge in [0.05, 0.1) is 11.5 Å². The highest BCUT2D eigenvalue weighted by molar-refractivity contribution is 7.92. The van der Waals surface area contributed by atoms with Crippen molar-refractivity contribution < 1.29 is 32.7 Å². The zero-order valence-corrected chi connectivity index (χ0v) is 28.7. The number of amides is 1. The summed E-state index contributed by atoms with van der Waals surface area (Å²) in [4.78, 5) is 47.0. The molecule has 0 bridgehead atoms. The molecule has 1 rings (SSSR count). The Morgan fingerprint density at radius 2 is 1.39 bits per heavy atom. The number of nitrogens with two attached hydrogens (primary N) is 1. The molecule has 0 aromatic rings. The van der Waals surface area contributed by atoms with Gasteiger partial charge in [0.2, 0.25) is 5.91 Å². The Morgan fingerprint density at radius 3 is 1.96 bits per heavy atom. The quantitative estimate of drug-likeness (QED) is 0.0597. The highest BCUT2D eigenvalue weighted by Gasteiger charge is 2.20. The summed E-state index contributed by atoms with van der Waals surface area (Å²) in [5.41, 5.74) is 6.64. The summed E-state index contributed by atoms with van der Waals surface area (Å²) < 4.78 is 24.6. The molecule has 0 aromatic carbocycles. The molecule has 0 fully saturated rings. The molecule has 12 nitrogen and oxygen atoms in total. The Hall–Kier alpha value is -2.54. The normalized spacial score (nSPS) is 13.5. The maximum atomic E-state index is 12.3. The summed E-state index contributed by atoms with van der Waals surface area (Å²) in [5, 5.41) is 23.1. The van der Waals surface area contributed by atoms with Crippen LogP contribution in [0.3, 0.4) is 0 Å². The lowest BCUT2D eigenvalue weighted by molar-refractivity contribution is -0.141. The van der Waals surface area contributed by atoms with E-state index in [4.69, 9.17) is 10.8 Å². The molecule has 13 heteroatoms. The lowest BCUT2D eigenvalue weighted by Gasteiger charge is -2.14. The van der Waals surface area contributed by atoms with E-state index in [1.54, 1.807) is 0 Å². The number of Topliss-reactive ketones (excluding diaryl/α,β-unsaturated/α-hetero) is 2. The second-order valence-electron chi connectivity index (χ2n) is 12.5. The second kappa shape index (κ2) is 26.5. The summed E-state index contributed by atoms with van der Waals surface area (Å²) in [7, 11) is -3.54. The fraction of sp³-hybridized carbons (Fsp3) is 0.848. The average Bonchev–Trinajstić information content (AvgIpc) is 3.51. The molecule has 0 saturated carbocycles. The van der Waals surface area contributed by atoms with Crippen LogP contribution in [0.4, 0.5) is 0 Å². The molecule has 1 heterocycles. The first-order chi connectivity index (χ1) is 22.1. The standard InChI is InChI=1S/C33H59N5O7S/c34-22-21-28(31(40)25-33(42)43)17-14-15-23-35-32(41)20-16-24-46(44,45)27-30(39)19-13-11-9-7-5-3-1-2-4-6-8-10-12-18-29-26-36-38-37-29/h28H,1-27,34H2,(H,35,41)(H,42,43)/t28-/m1/s1. The van der Waals surface area contributed by atoms with Gasteiger partial charge in [0, 0.05) is 25.3 Å². The van der Waals surface area contributed by atoms with Gasteiger partial charge in [0.1, 0.15) is 30.3 Å². The van der Waals surface area contributed by atoms with Crippen LogP contribution in [0.15, 0.2) is 15.4 Å². The van der Waals surface area contributed by atoms with E-state index >= 15 is 0 Å².